The van der Waals surface area contributed by atoms with Crippen LogP contribution in [0.15, 0.2) is 53.3 Å². The largest absolute Gasteiger partial charge is 0.338 e. The summed E-state index contributed by atoms with van der Waals surface area (Å²) in [5.41, 5.74) is 2.00. The summed E-state index contributed by atoms with van der Waals surface area (Å²) in [4.78, 5) is 13.3. The Hall–Kier alpha value is -2.64. The molecular weight excluding hydrogens is 345 g/mol. The van der Waals surface area contributed by atoms with Crippen LogP contribution in [-0.4, -0.2) is 51.1 Å². The normalized spacial score (nSPS) is 16.3. The maximum absolute atomic E-state index is 13.1. The Morgan fingerprint density at radius 2 is 1.74 bits per heavy atom. The standard InChI is InChI=1S/C20H22FN5O/c21-18-6-4-16(5-7-18)14-25-9-2-10-26(12-11-25)15-19-23-20(24-27-19)17-3-1-8-22-13-17/h1,3-8,13H,2,9-12,14-15H2. The van der Waals surface area contributed by atoms with Crippen molar-refractivity contribution in [1.82, 2.24) is 24.9 Å². The van der Waals surface area contributed by atoms with Gasteiger partial charge in [-0.1, -0.05) is 17.3 Å². The summed E-state index contributed by atoms with van der Waals surface area (Å²) in [5.74, 6) is 1.01. The molecule has 0 amide bonds. The number of benzene rings is 1. The second kappa shape index (κ2) is 8.37. The fraction of sp³-hybridized carbons (Fsp3) is 0.350. The Labute approximate surface area is 157 Å². The molecule has 3 aromatic rings. The van der Waals surface area contributed by atoms with E-state index in [2.05, 4.69) is 24.9 Å². The molecule has 3 heterocycles. The van der Waals surface area contributed by atoms with Gasteiger partial charge in [-0.3, -0.25) is 14.8 Å². The van der Waals surface area contributed by atoms with E-state index in [1.807, 2.05) is 24.3 Å². The van der Waals surface area contributed by atoms with E-state index in [9.17, 15) is 4.39 Å². The molecule has 7 heteroatoms. The first-order valence-corrected chi connectivity index (χ1v) is 9.18. The van der Waals surface area contributed by atoms with Gasteiger partial charge in [0.2, 0.25) is 11.7 Å². The first kappa shape index (κ1) is 17.8. The molecule has 1 aliphatic rings. The monoisotopic (exact) mass is 367 g/mol. The molecule has 2 aromatic heterocycles. The minimum absolute atomic E-state index is 0.189. The van der Waals surface area contributed by atoms with Crippen LogP contribution in [0, 0.1) is 5.82 Å². The number of pyridine rings is 1. The quantitative estimate of drug-likeness (QED) is 0.691. The highest BCUT2D eigenvalue weighted by molar-refractivity contribution is 5.51. The molecule has 1 fully saturated rings. The summed E-state index contributed by atoms with van der Waals surface area (Å²) in [7, 11) is 0. The van der Waals surface area contributed by atoms with Crippen molar-refractivity contribution in [3.63, 3.8) is 0 Å². The van der Waals surface area contributed by atoms with Gasteiger partial charge in [-0.05, 0) is 49.3 Å². The van der Waals surface area contributed by atoms with Crippen LogP contribution in [0.4, 0.5) is 4.39 Å². The van der Waals surface area contributed by atoms with Crippen LogP contribution in [0.1, 0.15) is 17.9 Å². The van der Waals surface area contributed by atoms with E-state index in [0.29, 0.717) is 18.3 Å². The van der Waals surface area contributed by atoms with E-state index in [-0.39, 0.29) is 5.82 Å². The average Bonchev–Trinajstić information content (AvgIpc) is 3.05. The first-order valence-electron chi connectivity index (χ1n) is 9.18. The van der Waals surface area contributed by atoms with E-state index in [0.717, 1.165) is 50.3 Å². The topological polar surface area (TPSA) is 58.3 Å². The number of nitrogens with zero attached hydrogens (tertiary/aromatic N) is 5. The zero-order chi connectivity index (χ0) is 18.5. The maximum Gasteiger partial charge on any atom is 0.241 e. The predicted molar refractivity (Wildman–Crippen MR) is 99.1 cm³/mol. The molecule has 0 radical (unpaired) electrons. The van der Waals surface area contributed by atoms with Crippen molar-refractivity contribution in [3.8, 4) is 11.4 Å². The molecule has 0 bridgehead atoms. The molecule has 0 spiro atoms. The number of rotatable bonds is 5. The highest BCUT2D eigenvalue weighted by Crippen LogP contribution is 2.16. The minimum atomic E-state index is -0.189. The summed E-state index contributed by atoms with van der Waals surface area (Å²) in [6.45, 7) is 5.41. The van der Waals surface area contributed by atoms with E-state index in [4.69, 9.17) is 4.52 Å². The van der Waals surface area contributed by atoms with Gasteiger partial charge in [0.25, 0.3) is 0 Å². The van der Waals surface area contributed by atoms with Gasteiger partial charge in [0.1, 0.15) is 5.82 Å². The molecule has 1 aliphatic heterocycles. The van der Waals surface area contributed by atoms with E-state index in [1.165, 1.54) is 12.1 Å². The molecule has 140 valence electrons. The predicted octanol–water partition coefficient (Wildman–Crippen LogP) is 2.98. The third-order valence-corrected chi connectivity index (χ3v) is 4.75. The van der Waals surface area contributed by atoms with Crippen molar-refractivity contribution in [3.05, 3.63) is 66.1 Å². The highest BCUT2D eigenvalue weighted by atomic mass is 19.1. The van der Waals surface area contributed by atoms with Crippen molar-refractivity contribution in [2.45, 2.75) is 19.5 Å². The Kier molecular flexibility index (Phi) is 5.50. The Balaban J connectivity index is 1.32. The molecule has 4 rings (SSSR count). The van der Waals surface area contributed by atoms with Gasteiger partial charge < -0.3 is 4.52 Å². The Morgan fingerprint density at radius 3 is 2.48 bits per heavy atom. The van der Waals surface area contributed by atoms with Gasteiger partial charge in [-0.2, -0.15) is 4.98 Å². The van der Waals surface area contributed by atoms with Crippen LogP contribution in [0.3, 0.4) is 0 Å². The first-order chi connectivity index (χ1) is 13.3. The Morgan fingerprint density at radius 1 is 0.963 bits per heavy atom. The van der Waals surface area contributed by atoms with Crippen LogP contribution in [0.2, 0.25) is 0 Å². The Bertz CT molecular complexity index is 852. The van der Waals surface area contributed by atoms with Gasteiger partial charge >= 0.3 is 0 Å². The van der Waals surface area contributed by atoms with Crippen LogP contribution in [-0.2, 0) is 13.1 Å². The summed E-state index contributed by atoms with van der Waals surface area (Å²) in [5, 5.41) is 4.06. The lowest BCUT2D eigenvalue weighted by molar-refractivity contribution is 0.222. The second-order valence-corrected chi connectivity index (χ2v) is 6.79. The van der Waals surface area contributed by atoms with E-state index in [1.54, 1.807) is 12.4 Å². The molecule has 27 heavy (non-hydrogen) atoms. The van der Waals surface area contributed by atoms with Crippen molar-refractivity contribution in [2.24, 2.45) is 0 Å². The summed E-state index contributed by atoms with van der Waals surface area (Å²) < 4.78 is 18.5. The fourth-order valence-corrected chi connectivity index (χ4v) is 3.31. The molecule has 1 saturated heterocycles. The molecular formula is C20H22FN5O. The summed E-state index contributed by atoms with van der Waals surface area (Å²) in [6, 6.07) is 10.5. The third kappa shape index (κ3) is 4.75. The molecule has 0 saturated carbocycles. The van der Waals surface area contributed by atoms with Gasteiger partial charge in [-0.25, -0.2) is 4.39 Å². The van der Waals surface area contributed by atoms with Gasteiger partial charge in [-0.15, -0.1) is 0 Å². The smallest absolute Gasteiger partial charge is 0.241 e. The lowest BCUT2D eigenvalue weighted by Gasteiger charge is -2.20. The van der Waals surface area contributed by atoms with E-state index < -0.39 is 0 Å². The number of aromatic nitrogens is 3. The van der Waals surface area contributed by atoms with E-state index >= 15 is 0 Å². The average molecular weight is 367 g/mol. The number of hydrogen-bond donors (Lipinski definition) is 0. The summed E-state index contributed by atoms with van der Waals surface area (Å²) >= 11 is 0. The van der Waals surface area contributed by atoms with Gasteiger partial charge in [0, 0.05) is 37.6 Å². The zero-order valence-electron chi connectivity index (χ0n) is 15.1. The number of halogens is 1. The molecule has 0 N–H and O–H groups in total. The highest BCUT2D eigenvalue weighted by Gasteiger charge is 2.18. The van der Waals surface area contributed by atoms with Crippen molar-refractivity contribution >= 4 is 0 Å². The van der Waals surface area contributed by atoms with Crippen LogP contribution in [0.5, 0.6) is 0 Å². The zero-order valence-corrected chi connectivity index (χ0v) is 15.1. The molecule has 0 unspecified atom stereocenters. The van der Waals surface area contributed by atoms with Crippen molar-refractivity contribution < 1.29 is 8.91 Å². The minimum Gasteiger partial charge on any atom is -0.338 e. The molecule has 0 aliphatic carbocycles. The van der Waals surface area contributed by atoms with Crippen molar-refractivity contribution in [1.29, 1.82) is 0 Å². The molecule has 0 atom stereocenters. The van der Waals surface area contributed by atoms with Crippen molar-refractivity contribution in [2.75, 3.05) is 26.2 Å². The molecule has 6 nitrogen and oxygen atoms in total. The molecule has 1 aromatic carbocycles. The fourth-order valence-electron chi connectivity index (χ4n) is 3.31. The SMILES string of the molecule is Fc1ccc(CN2CCCN(Cc3nc(-c4cccnc4)no3)CC2)cc1. The van der Waals surface area contributed by atoms with Crippen LogP contribution >= 0.6 is 0 Å². The van der Waals surface area contributed by atoms with Gasteiger partial charge in [0.15, 0.2) is 0 Å². The second-order valence-electron chi connectivity index (χ2n) is 6.79. The lowest BCUT2D eigenvalue weighted by atomic mass is 10.2. The summed E-state index contributed by atoms with van der Waals surface area (Å²) in [6.07, 6.45) is 4.53. The third-order valence-electron chi connectivity index (χ3n) is 4.75. The maximum atomic E-state index is 13.1. The number of hydrogen-bond acceptors (Lipinski definition) is 6. The van der Waals surface area contributed by atoms with Crippen LogP contribution < -0.4 is 0 Å². The van der Waals surface area contributed by atoms with Crippen LogP contribution in [0.25, 0.3) is 11.4 Å². The lowest BCUT2D eigenvalue weighted by Crippen LogP contribution is -2.30. The van der Waals surface area contributed by atoms with Gasteiger partial charge in [0.05, 0.1) is 6.54 Å².